The Hall–Kier alpha value is -0.540. The van der Waals surface area contributed by atoms with Crippen LogP contribution in [0.3, 0.4) is 0 Å². The summed E-state index contributed by atoms with van der Waals surface area (Å²) in [4.78, 5) is 0. The van der Waals surface area contributed by atoms with E-state index in [1.165, 1.54) is 12.8 Å². The number of halogens is 1. The molecule has 2 N–H and O–H groups in total. The quantitative estimate of drug-likeness (QED) is 0.887. The summed E-state index contributed by atoms with van der Waals surface area (Å²) in [6.07, 6.45) is 2.65. The van der Waals surface area contributed by atoms with E-state index in [1.54, 1.807) is 6.07 Å². The van der Waals surface area contributed by atoms with Crippen LogP contribution in [0.5, 0.6) is 5.75 Å². The molecule has 2 rings (SSSR count). The van der Waals surface area contributed by atoms with Gasteiger partial charge in [0.1, 0.15) is 5.75 Å². The first-order valence-electron chi connectivity index (χ1n) is 5.71. The molecule has 1 aliphatic carbocycles. The molecule has 88 valence electrons. The molecule has 0 bridgehead atoms. The lowest BCUT2D eigenvalue weighted by Gasteiger charge is -2.26. The third-order valence-electron chi connectivity index (χ3n) is 3.37. The van der Waals surface area contributed by atoms with Crippen molar-refractivity contribution < 1.29 is 5.11 Å². The lowest BCUT2D eigenvalue weighted by atomic mass is 9.98. The van der Waals surface area contributed by atoms with Crippen molar-refractivity contribution in [2.45, 2.75) is 38.8 Å². The lowest BCUT2D eigenvalue weighted by Crippen LogP contribution is -2.40. The number of aromatic hydroxyl groups is 1. The first-order valence-corrected chi connectivity index (χ1v) is 6.51. The molecule has 1 fully saturated rings. The zero-order valence-electron chi connectivity index (χ0n) is 9.76. The molecule has 1 aromatic rings. The van der Waals surface area contributed by atoms with Crippen LogP contribution in [0.2, 0.25) is 0 Å². The fourth-order valence-corrected chi connectivity index (χ4v) is 2.38. The highest BCUT2D eigenvalue weighted by atomic mass is 79.9. The highest BCUT2D eigenvalue weighted by molar-refractivity contribution is 9.10. The van der Waals surface area contributed by atoms with Crippen molar-refractivity contribution in [1.82, 2.24) is 5.32 Å². The van der Waals surface area contributed by atoms with Crippen LogP contribution in [0.15, 0.2) is 22.7 Å². The summed E-state index contributed by atoms with van der Waals surface area (Å²) in [7, 11) is 0. The van der Waals surface area contributed by atoms with Crippen LogP contribution in [0.25, 0.3) is 0 Å². The summed E-state index contributed by atoms with van der Waals surface area (Å²) in [6, 6.07) is 5.54. The van der Waals surface area contributed by atoms with E-state index >= 15 is 0 Å². The van der Waals surface area contributed by atoms with Crippen LogP contribution < -0.4 is 5.32 Å². The molecule has 1 aliphatic rings. The number of hydrogen-bond donors (Lipinski definition) is 2. The molecule has 0 saturated heterocycles. The Kier molecular flexibility index (Phi) is 3.27. The van der Waals surface area contributed by atoms with E-state index in [4.69, 9.17) is 0 Å². The summed E-state index contributed by atoms with van der Waals surface area (Å²) < 4.78 is 1.01. The molecule has 0 unspecified atom stereocenters. The lowest BCUT2D eigenvalue weighted by molar-refractivity contribution is 0.336. The first-order chi connectivity index (χ1) is 7.49. The van der Waals surface area contributed by atoms with Crippen molar-refractivity contribution in [3.05, 3.63) is 28.2 Å². The third kappa shape index (κ3) is 2.77. The predicted octanol–water partition coefficient (Wildman–Crippen LogP) is 3.43. The number of rotatable bonds is 4. The van der Waals surface area contributed by atoms with Crippen molar-refractivity contribution in [2.75, 3.05) is 0 Å². The van der Waals surface area contributed by atoms with Gasteiger partial charge in [-0.2, -0.15) is 0 Å². The average Bonchev–Trinajstić information content (AvgIpc) is 3.03. The van der Waals surface area contributed by atoms with Crippen LogP contribution in [-0.4, -0.2) is 10.6 Å². The normalized spacial score (nSPS) is 16.4. The van der Waals surface area contributed by atoms with Gasteiger partial charge in [0, 0.05) is 22.1 Å². The Balaban J connectivity index is 2.01. The Morgan fingerprint density at radius 2 is 2.12 bits per heavy atom. The summed E-state index contributed by atoms with van der Waals surface area (Å²) in [5.41, 5.74) is 1.12. The summed E-state index contributed by atoms with van der Waals surface area (Å²) in [5, 5.41) is 13.2. The average molecular weight is 284 g/mol. The van der Waals surface area contributed by atoms with E-state index in [1.807, 2.05) is 12.1 Å². The molecular weight excluding hydrogens is 266 g/mol. The van der Waals surface area contributed by atoms with E-state index in [0.717, 1.165) is 22.5 Å². The van der Waals surface area contributed by atoms with Gasteiger partial charge in [0.15, 0.2) is 0 Å². The largest absolute Gasteiger partial charge is 0.508 e. The minimum Gasteiger partial charge on any atom is -0.508 e. The number of nitrogens with one attached hydrogen (secondary N) is 1. The fourth-order valence-electron chi connectivity index (χ4n) is 1.97. The predicted molar refractivity (Wildman–Crippen MR) is 69.4 cm³/mol. The molecule has 2 nitrogen and oxygen atoms in total. The highest BCUT2D eigenvalue weighted by Crippen LogP contribution is 2.39. The highest BCUT2D eigenvalue weighted by Gasteiger charge is 2.37. The maximum atomic E-state index is 9.73. The van der Waals surface area contributed by atoms with E-state index in [9.17, 15) is 5.11 Å². The van der Waals surface area contributed by atoms with Gasteiger partial charge in [-0.05, 0) is 50.8 Å². The number of phenolic OH excluding ortho intramolecular Hbond substituents is 1. The van der Waals surface area contributed by atoms with Gasteiger partial charge in [-0.25, -0.2) is 0 Å². The van der Waals surface area contributed by atoms with Crippen LogP contribution >= 0.6 is 15.9 Å². The summed E-state index contributed by atoms with van der Waals surface area (Å²) >= 11 is 3.42. The Labute approximate surface area is 105 Å². The van der Waals surface area contributed by atoms with Gasteiger partial charge in [-0.15, -0.1) is 0 Å². The van der Waals surface area contributed by atoms with Crippen molar-refractivity contribution >= 4 is 15.9 Å². The van der Waals surface area contributed by atoms with Gasteiger partial charge >= 0.3 is 0 Å². The van der Waals surface area contributed by atoms with Crippen molar-refractivity contribution in [1.29, 1.82) is 0 Å². The summed E-state index contributed by atoms with van der Waals surface area (Å²) in [6.45, 7) is 5.19. The van der Waals surface area contributed by atoms with Crippen LogP contribution in [0.4, 0.5) is 0 Å². The fraction of sp³-hybridized carbons (Fsp3) is 0.538. The second kappa shape index (κ2) is 4.38. The SMILES string of the molecule is CC(C)(NCc1cc(Br)ccc1O)C1CC1. The van der Waals surface area contributed by atoms with Gasteiger partial charge in [-0.3, -0.25) is 0 Å². The number of phenols is 1. The second-order valence-corrected chi connectivity index (χ2v) is 6.04. The maximum Gasteiger partial charge on any atom is 0.120 e. The molecule has 0 spiro atoms. The molecule has 0 radical (unpaired) electrons. The standard InChI is InChI=1S/C13H18BrNO/c1-13(2,10-3-4-10)15-8-9-7-11(14)5-6-12(9)16/h5-7,10,15-16H,3-4,8H2,1-2H3. The monoisotopic (exact) mass is 283 g/mol. The minimum absolute atomic E-state index is 0.175. The van der Waals surface area contributed by atoms with Crippen molar-refractivity contribution in [3.63, 3.8) is 0 Å². The zero-order chi connectivity index (χ0) is 11.8. The molecule has 0 heterocycles. The smallest absolute Gasteiger partial charge is 0.120 e. The van der Waals surface area contributed by atoms with E-state index in [-0.39, 0.29) is 5.54 Å². The Morgan fingerprint density at radius 1 is 1.44 bits per heavy atom. The minimum atomic E-state index is 0.175. The van der Waals surface area contributed by atoms with E-state index < -0.39 is 0 Å². The van der Waals surface area contributed by atoms with Crippen LogP contribution in [0.1, 0.15) is 32.3 Å². The molecule has 16 heavy (non-hydrogen) atoms. The van der Waals surface area contributed by atoms with Gasteiger partial charge < -0.3 is 10.4 Å². The number of benzene rings is 1. The molecule has 0 amide bonds. The molecule has 3 heteroatoms. The molecule has 1 aromatic carbocycles. The number of hydrogen-bond acceptors (Lipinski definition) is 2. The first kappa shape index (κ1) is 11.9. The van der Waals surface area contributed by atoms with Crippen molar-refractivity contribution in [2.24, 2.45) is 5.92 Å². The van der Waals surface area contributed by atoms with Crippen molar-refractivity contribution in [3.8, 4) is 5.75 Å². The van der Waals surface area contributed by atoms with Crippen LogP contribution in [0, 0.1) is 5.92 Å². The van der Waals surface area contributed by atoms with Gasteiger partial charge in [-0.1, -0.05) is 15.9 Å². The molecule has 0 aliphatic heterocycles. The second-order valence-electron chi connectivity index (χ2n) is 5.12. The van der Waals surface area contributed by atoms with Gasteiger partial charge in [0.05, 0.1) is 0 Å². The molecule has 0 atom stereocenters. The van der Waals surface area contributed by atoms with Gasteiger partial charge in [0.2, 0.25) is 0 Å². The summed E-state index contributed by atoms with van der Waals surface area (Å²) in [5.74, 6) is 1.16. The molecule has 0 aromatic heterocycles. The molecule has 1 saturated carbocycles. The topological polar surface area (TPSA) is 32.3 Å². The third-order valence-corrected chi connectivity index (χ3v) is 3.87. The van der Waals surface area contributed by atoms with Gasteiger partial charge in [0.25, 0.3) is 0 Å². The Morgan fingerprint density at radius 3 is 2.75 bits per heavy atom. The molecular formula is C13H18BrNO. The Bertz CT molecular complexity index is 386. The van der Waals surface area contributed by atoms with E-state index in [0.29, 0.717) is 5.75 Å². The van der Waals surface area contributed by atoms with E-state index in [2.05, 4.69) is 35.1 Å². The van der Waals surface area contributed by atoms with Crippen LogP contribution in [-0.2, 0) is 6.54 Å². The maximum absolute atomic E-state index is 9.73. The zero-order valence-corrected chi connectivity index (χ0v) is 11.3.